The Morgan fingerprint density at radius 3 is 2.59 bits per heavy atom. The molecule has 0 unspecified atom stereocenters. The molecule has 94 valence electrons. The molecule has 0 aliphatic carbocycles. The molecule has 0 aliphatic rings. The molecule has 17 heavy (non-hydrogen) atoms. The molecule has 0 heterocycles. The number of hydrogen-bond donors (Lipinski definition) is 2. The van der Waals surface area contributed by atoms with Gasteiger partial charge in [-0.1, -0.05) is 0 Å². The van der Waals surface area contributed by atoms with Crippen molar-refractivity contribution in [3.05, 3.63) is 24.3 Å². The predicted molar refractivity (Wildman–Crippen MR) is 69.1 cm³/mol. The van der Waals surface area contributed by atoms with Crippen molar-refractivity contribution in [1.29, 1.82) is 0 Å². The first-order valence-corrected chi connectivity index (χ1v) is 5.99. The van der Waals surface area contributed by atoms with Gasteiger partial charge in [-0.3, -0.25) is 4.79 Å². The molecule has 3 N–H and O–H groups in total. The quantitative estimate of drug-likeness (QED) is 0.713. The molecule has 4 heteroatoms. The number of hydrogen-bond acceptors (Lipinski definition) is 3. The highest BCUT2D eigenvalue weighted by Crippen LogP contribution is 2.15. The van der Waals surface area contributed by atoms with Gasteiger partial charge in [0.05, 0.1) is 6.61 Å². The largest absolute Gasteiger partial charge is 0.494 e. The highest BCUT2D eigenvalue weighted by Gasteiger charge is 2.01. The van der Waals surface area contributed by atoms with Gasteiger partial charge < -0.3 is 15.8 Å². The number of amides is 1. The molecule has 0 aliphatic heterocycles. The van der Waals surface area contributed by atoms with Crippen LogP contribution in [0.25, 0.3) is 0 Å². The minimum Gasteiger partial charge on any atom is -0.494 e. The molecule has 1 rings (SSSR count). The molecule has 1 aromatic carbocycles. The van der Waals surface area contributed by atoms with Gasteiger partial charge in [-0.05, 0) is 50.6 Å². The fraction of sp³-hybridized carbons (Fsp3) is 0.462. The van der Waals surface area contributed by atoms with E-state index in [-0.39, 0.29) is 5.91 Å². The van der Waals surface area contributed by atoms with Crippen molar-refractivity contribution >= 4 is 11.6 Å². The Labute approximate surface area is 102 Å². The molecule has 0 bridgehead atoms. The lowest BCUT2D eigenvalue weighted by molar-refractivity contribution is -0.116. The van der Waals surface area contributed by atoms with E-state index in [4.69, 9.17) is 10.5 Å². The van der Waals surface area contributed by atoms with Crippen LogP contribution in [0.1, 0.15) is 26.2 Å². The lowest BCUT2D eigenvalue weighted by atomic mass is 10.2. The summed E-state index contributed by atoms with van der Waals surface area (Å²) in [5.41, 5.74) is 6.16. The van der Waals surface area contributed by atoms with Gasteiger partial charge in [0.1, 0.15) is 5.75 Å². The first-order valence-electron chi connectivity index (χ1n) is 5.99. The minimum absolute atomic E-state index is 0.0302. The zero-order valence-electron chi connectivity index (χ0n) is 10.2. The van der Waals surface area contributed by atoms with E-state index in [2.05, 4.69) is 5.32 Å². The maximum absolute atomic E-state index is 11.5. The Morgan fingerprint density at radius 1 is 1.29 bits per heavy atom. The van der Waals surface area contributed by atoms with Crippen molar-refractivity contribution in [1.82, 2.24) is 0 Å². The summed E-state index contributed by atoms with van der Waals surface area (Å²) in [7, 11) is 0. The van der Waals surface area contributed by atoms with E-state index in [1.807, 2.05) is 31.2 Å². The Bertz CT molecular complexity index is 336. The lowest BCUT2D eigenvalue weighted by Gasteiger charge is -2.06. The van der Waals surface area contributed by atoms with Crippen LogP contribution in [-0.2, 0) is 4.79 Å². The number of anilines is 1. The first-order chi connectivity index (χ1) is 8.26. The van der Waals surface area contributed by atoms with Crippen LogP contribution >= 0.6 is 0 Å². The van der Waals surface area contributed by atoms with Crippen molar-refractivity contribution in [2.75, 3.05) is 18.5 Å². The average Bonchev–Trinajstić information content (AvgIpc) is 2.32. The van der Waals surface area contributed by atoms with Gasteiger partial charge in [0.2, 0.25) is 5.91 Å². The zero-order valence-corrected chi connectivity index (χ0v) is 10.2. The van der Waals surface area contributed by atoms with Crippen molar-refractivity contribution in [3.8, 4) is 5.75 Å². The third-order valence-corrected chi connectivity index (χ3v) is 2.31. The summed E-state index contributed by atoms with van der Waals surface area (Å²) in [5, 5.41) is 2.83. The Kier molecular flexibility index (Phi) is 6.10. The number of carbonyl (C=O) groups excluding carboxylic acids is 1. The molecule has 0 spiro atoms. The number of carbonyl (C=O) groups is 1. The highest BCUT2D eigenvalue weighted by molar-refractivity contribution is 5.90. The van der Waals surface area contributed by atoms with Gasteiger partial charge in [-0.2, -0.15) is 0 Å². The number of unbranched alkanes of at least 4 members (excludes halogenated alkanes) is 1. The Balaban J connectivity index is 2.37. The number of ether oxygens (including phenoxy) is 1. The summed E-state index contributed by atoms with van der Waals surface area (Å²) < 4.78 is 5.32. The average molecular weight is 236 g/mol. The summed E-state index contributed by atoms with van der Waals surface area (Å²) >= 11 is 0. The normalized spacial score (nSPS) is 10.0. The number of rotatable bonds is 7. The fourth-order valence-electron chi connectivity index (χ4n) is 1.45. The molecular weight excluding hydrogens is 216 g/mol. The second kappa shape index (κ2) is 7.68. The van der Waals surface area contributed by atoms with E-state index in [1.165, 1.54) is 0 Å². The maximum Gasteiger partial charge on any atom is 0.224 e. The van der Waals surface area contributed by atoms with Gasteiger partial charge in [0.25, 0.3) is 0 Å². The lowest BCUT2D eigenvalue weighted by Crippen LogP contribution is -2.11. The van der Waals surface area contributed by atoms with Gasteiger partial charge in [-0.15, -0.1) is 0 Å². The second-order valence-electron chi connectivity index (χ2n) is 3.75. The first kappa shape index (κ1) is 13.5. The van der Waals surface area contributed by atoms with Crippen molar-refractivity contribution in [2.45, 2.75) is 26.2 Å². The Hall–Kier alpha value is -1.55. The van der Waals surface area contributed by atoms with E-state index >= 15 is 0 Å². The zero-order chi connectivity index (χ0) is 12.5. The second-order valence-corrected chi connectivity index (χ2v) is 3.75. The van der Waals surface area contributed by atoms with Gasteiger partial charge in [0.15, 0.2) is 0 Å². The predicted octanol–water partition coefficient (Wildman–Crippen LogP) is 2.15. The van der Waals surface area contributed by atoms with Gasteiger partial charge in [0, 0.05) is 12.1 Å². The minimum atomic E-state index is 0.0302. The van der Waals surface area contributed by atoms with E-state index in [0.29, 0.717) is 19.6 Å². The van der Waals surface area contributed by atoms with Crippen LogP contribution in [0.2, 0.25) is 0 Å². The summed E-state index contributed by atoms with van der Waals surface area (Å²) in [6, 6.07) is 7.37. The molecular formula is C13H20N2O2. The van der Waals surface area contributed by atoms with Crippen molar-refractivity contribution in [3.63, 3.8) is 0 Å². The number of nitrogens with one attached hydrogen (secondary N) is 1. The van der Waals surface area contributed by atoms with Crippen LogP contribution in [0.15, 0.2) is 24.3 Å². The molecule has 1 aromatic rings. The van der Waals surface area contributed by atoms with Gasteiger partial charge in [-0.25, -0.2) is 0 Å². The Morgan fingerprint density at radius 2 is 2.00 bits per heavy atom. The van der Waals surface area contributed by atoms with Crippen LogP contribution in [0.5, 0.6) is 5.75 Å². The van der Waals surface area contributed by atoms with Crippen LogP contribution < -0.4 is 15.8 Å². The number of benzene rings is 1. The van der Waals surface area contributed by atoms with Crippen LogP contribution in [0.4, 0.5) is 5.69 Å². The van der Waals surface area contributed by atoms with Crippen molar-refractivity contribution < 1.29 is 9.53 Å². The molecule has 4 nitrogen and oxygen atoms in total. The highest BCUT2D eigenvalue weighted by atomic mass is 16.5. The fourth-order valence-corrected chi connectivity index (χ4v) is 1.45. The van der Waals surface area contributed by atoms with E-state index in [0.717, 1.165) is 24.3 Å². The molecule has 0 saturated heterocycles. The summed E-state index contributed by atoms with van der Waals surface area (Å²) in [6.07, 6.45) is 2.24. The van der Waals surface area contributed by atoms with Gasteiger partial charge >= 0.3 is 0 Å². The smallest absolute Gasteiger partial charge is 0.224 e. The van der Waals surface area contributed by atoms with Crippen LogP contribution in [-0.4, -0.2) is 19.1 Å². The number of nitrogens with two attached hydrogens (primary N) is 1. The topological polar surface area (TPSA) is 64.3 Å². The summed E-state index contributed by atoms with van der Waals surface area (Å²) in [5.74, 6) is 0.844. The SMILES string of the molecule is CCOc1ccc(NC(=O)CCCCN)cc1. The third kappa shape index (κ3) is 5.36. The van der Waals surface area contributed by atoms with Crippen LogP contribution in [0, 0.1) is 0 Å². The molecule has 0 aromatic heterocycles. The van der Waals surface area contributed by atoms with Crippen LogP contribution in [0.3, 0.4) is 0 Å². The maximum atomic E-state index is 11.5. The van der Waals surface area contributed by atoms with Crippen molar-refractivity contribution in [2.24, 2.45) is 5.73 Å². The molecule has 1 amide bonds. The van der Waals surface area contributed by atoms with E-state index in [1.54, 1.807) is 0 Å². The standard InChI is InChI=1S/C13H20N2O2/c1-2-17-12-8-6-11(7-9-12)15-13(16)5-3-4-10-14/h6-9H,2-5,10,14H2,1H3,(H,15,16). The monoisotopic (exact) mass is 236 g/mol. The van der Waals surface area contributed by atoms with E-state index in [9.17, 15) is 4.79 Å². The summed E-state index contributed by atoms with van der Waals surface area (Å²) in [6.45, 7) is 3.22. The van der Waals surface area contributed by atoms with E-state index < -0.39 is 0 Å². The molecule has 0 atom stereocenters. The summed E-state index contributed by atoms with van der Waals surface area (Å²) in [4.78, 5) is 11.5. The molecule has 0 fully saturated rings. The molecule has 0 saturated carbocycles. The molecule has 0 radical (unpaired) electrons. The third-order valence-electron chi connectivity index (χ3n) is 2.31.